The number of fused-ring (bicyclic) bond motifs is 3. The Balaban J connectivity index is 1.70. The molecule has 1 aliphatic heterocycles. The Hall–Kier alpha value is -1.25. The maximum Gasteiger partial charge on any atom is 0.211 e. The number of thiophene rings is 1. The summed E-state index contributed by atoms with van der Waals surface area (Å²) in [5.74, 6) is 2.49. The molecule has 1 aliphatic carbocycles. The number of piperazine rings is 1. The lowest BCUT2D eigenvalue weighted by molar-refractivity contribution is 0.218. The lowest BCUT2D eigenvalue weighted by Gasteiger charge is -2.35. The molecule has 154 valence electrons. The average Bonchev–Trinajstić information content (AvgIpc) is 2.96. The highest BCUT2D eigenvalue weighted by Crippen LogP contribution is 2.45. The standard InChI is InChI=1S/C20H30N4O2S2/c1-13-21-18(23-8-10-24(11-9-23)28(5,25)26)17-15-7-6-14(20(2,3)4)12-16(15)27-19(17)22-13/h14H,6-12H2,1-5H3. The number of nitrogens with zero attached hydrogens (tertiary/aromatic N) is 4. The van der Waals surface area contributed by atoms with E-state index in [9.17, 15) is 8.42 Å². The van der Waals surface area contributed by atoms with Crippen LogP contribution >= 0.6 is 11.3 Å². The number of aromatic nitrogens is 2. The molecular weight excluding hydrogens is 392 g/mol. The molecule has 0 bridgehead atoms. The fourth-order valence-corrected chi connectivity index (χ4v) is 6.63. The normalized spacial score (nSPS) is 21.9. The van der Waals surface area contributed by atoms with Gasteiger partial charge in [-0.1, -0.05) is 20.8 Å². The van der Waals surface area contributed by atoms with Gasteiger partial charge < -0.3 is 4.90 Å². The van der Waals surface area contributed by atoms with Crippen molar-refractivity contribution < 1.29 is 8.42 Å². The smallest absolute Gasteiger partial charge is 0.211 e. The third-order valence-corrected chi connectivity index (χ3v) is 8.68. The fourth-order valence-electron chi connectivity index (χ4n) is 4.46. The minimum absolute atomic E-state index is 0.320. The topological polar surface area (TPSA) is 66.4 Å². The van der Waals surface area contributed by atoms with Gasteiger partial charge in [0.1, 0.15) is 16.5 Å². The lowest BCUT2D eigenvalue weighted by Crippen LogP contribution is -2.48. The summed E-state index contributed by atoms with van der Waals surface area (Å²) < 4.78 is 25.2. The molecule has 3 heterocycles. The second kappa shape index (κ2) is 6.92. The number of aryl methyl sites for hydroxylation is 2. The summed E-state index contributed by atoms with van der Waals surface area (Å²) in [6.45, 7) is 11.4. The average molecular weight is 423 g/mol. The van der Waals surface area contributed by atoms with Gasteiger partial charge in [-0.25, -0.2) is 18.4 Å². The maximum absolute atomic E-state index is 11.8. The van der Waals surface area contributed by atoms with Crippen molar-refractivity contribution in [3.63, 3.8) is 0 Å². The molecule has 28 heavy (non-hydrogen) atoms. The Kier molecular flexibility index (Phi) is 4.95. The number of rotatable bonds is 2. The zero-order chi connectivity index (χ0) is 20.3. The third kappa shape index (κ3) is 3.66. The molecule has 2 aliphatic rings. The zero-order valence-corrected chi connectivity index (χ0v) is 19.1. The minimum atomic E-state index is -3.13. The van der Waals surface area contributed by atoms with Gasteiger partial charge in [-0.15, -0.1) is 11.3 Å². The van der Waals surface area contributed by atoms with E-state index < -0.39 is 10.0 Å². The van der Waals surface area contributed by atoms with Crippen LogP contribution in [0.4, 0.5) is 5.82 Å². The van der Waals surface area contributed by atoms with Crippen molar-refractivity contribution in [1.82, 2.24) is 14.3 Å². The molecule has 8 heteroatoms. The highest BCUT2D eigenvalue weighted by Gasteiger charge is 2.33. The molecule has 0 saturated carbocycles. The minimum Gasteiger partial charge on any atom is -0.353 e. The van der Waals surface area contributed by atoms with Crippen molar-refractivity contribution in [2.75, 3.05) is 37.3 Å². The van der Waals surface area contributed by atoms with Gasteiger partial charge in [0.2, 0.25) is 10.0 Å². The van der Waals surface area contributed by atoms with Gasteiger partial charge >= 0.3 is 0 Å². The largest absolute Gasteiger partial charge is 0.353 e. The monoisotopic (exact) mass is 422 g/mol. The first-order chi connectivity index (χ1) is 13.0. The molecular formula is C20H30N4O2S2. The van der Waals surface area contributed by atoms with Crippen LogP contribution < -0.4 is 4.90 Å². The van der Waals surface area contributed by atoms with E-state index in [4.69, 9.17) is 9.97 Å². The van der Waals surface area contributed by atoms with Gasteiger partial charge in [-0.2, -0.15) is 4.31 Å². The predicted octanol–water partition coefficient (Wildman–Crippen LogP) is 3.23. The van der Waals surface area contributed by atoms with Gasteiger partial charge in [-0.05, 0) is 43.1 Å². The molecule has 0 aromatic carbocycles. The molecule has 0 spiro atoms. The number of anilines is 1. The van der Waals surface area contributed by atoms with Crippen LogP contribution in [-0.4, -0.2) is 55.1 Å². The first-order valence-electron chi connectivity index (χ1n) is 10.0. The van der Waals surface area contributed by atoms with E-state index in [2.05, 4.69) is 25.7 Å². The summed E-state index contributed by atoms with van der Waals surface area (Å²) in [5, 5.41) is 1.21. The summed E-state index contributed by atoms with van der Waals surface area (Å²) in [7, 11) is -3.13. The molecule has 1 unspecified atom stereocenters. The van der Waals surface area contributed by atoms with Crippen molar-refractivity contribution in [2.24, 2.45) is 11.3 Å². The van der Waals surface area contributed by atoms with E-state index in [1.165, 1.54) is 28.5 Å². The second-order valence-corrected chi connectivity index (χ2v) is 12.3. The number of sulfonamides is 1. The van der Waals surface area contributed by atoms with E-state index in [0.717, 1.165) is 29.3 Å². The fraction of sp³-hybridized carbons (Fsp3) is 0.700. The van der Waals surface area contributed by atoms with Crippen LogP contribution in [0.25, 0.3) is 10.2 Å². The molecule has 1 fully saturated rings. The molecule has 4 rings (SSSR count). The van der Waals surface area contributed by atoms with E-state index >= 15 is 0 Å². The van der Waals surface area contributed by atoms with Crippen LogP contribution in [0.15, 0.2) is 0 Å². The lowest BCUT2D eigenvalue weighted by atomic mass is 9.72. The van der Waals surface area contributed by atoms with Crippen LogP contribution in [0.5, 0.6) is 0 Å². The Bertz CT molecular complexity index is 999. The second-order valence-electron chi connectivity index (χ2n) is 9.23. The molecule has 2 aromatic heterocycles. The Morgan fingerprint density at radius 3 is 2.39 bits per heavy atom. The van der Waals surface area contributed by atoms with Crippen LogP contribution in [0.2, 0.25) is 0 Å². The van der Waals surface area contributed by atoms with Gasteiger partial charge in [0, 0.05) is 31.1 Å². The van der Waals surface area contributed by atoms with E-state index in [1.807, 2.05) is 18.3 Å². The van der Waals surface area contributed by atoms with Gasteiger partial charge in [-0.3, -0.25) is 0 Å². The highest BCUT2D eigenvalue weighted by atomic mass is 32.2. The van der Waals surface area contributed by atoms with Crippen LogP contribution in [0.1, 0.15) is 43.5 Å². The van der Waals surface area contributed by atoms with Crippen molar-refractivity contribution in [3.05, 3.63) is 16.3 Å². The molecule has 0 amide bonds. The van der Waals surface area contributed by atoms with E-state index in [1.54, 1.807) is 4.31 Å². The third-order valence-electron chi connectivity index (χ3n) is 6.23. The number of hydrogen-bond donors (Lipinski definition) is 0. The summed E-state index contributed by atoms with van der Waals surface area (Å²) in [4.78, 5) is 14.4. The van der Waals surface area contributed by atoms with E-state index in [-0.39, 0.29) is 0 Å². The number of hydrogen-bond acceptors (Lipinski definition) is 6. The maximum atomic E-state index is 11.8. The predicted molar refractivity (Wildman–Crippen MR) is 116 cm³/mol. The summed E-state index contributed by atoms with van der Waals surface area (Å²) >= 11 is 1.83. The first-order valence-corrected chi connectivity index (χ1v) is 12.7. The highest BCUT2D eigenvalue weighted by molar-refractivity contribution is 7.88. The van der Waals surface area contributed by atoms with Gasteiger partial charge in [0.05, 0.1) is 11.6 Å². The van der Waals surface area contributed by atoms with Crippen LogP contribution in [-0.2, 0) is 22.9 Å². The van der Waals surface area contributed by atoms with Gasteiger partial charge in [0.15, 0.2) is 0 Å². The molecule has 1 atom stereocenters. The Labute approximate surface area is 172 Å². The van der Waals surface area contributed by atoms with Crippen molar-refractivity contribution in [2.45, 2.75) is 47.0 Å². The summed E-state index contributed by atoms with van der Waals surface area (Å²) in [5.41, 5.74) is 1.75. The van der Waals surface area contributed by atoms with Crippen molar-refractivity contribution in [1.29, 1.82) is 0 Å². The zero-order valence-electron chi connectivity index (χ0n) is 17.4. The van der Waals surface area contributed by atoms with E-state index in [0.29, 0.717) is 37.5 Å². The van der Waals surface area contributed by atoms with Crippen molar-refractivity contribution in [3.8, 4) is 0 Å². The Morgan fingerprint density at radius 2 is 1.79 bits per heavy atom. The molecule has 1 saturated heterocycles. The SMILES string of the molecule is Cc1nc(N2CCN(S(C)(=O)=O)CC2)c2c3c(sc2n1)CC(C(C)(C)C)CC3. The quantitative estimate of drug-likeness (QED) is 0.743. The van der Waals surface area contributed by atoms with Gasteiger partial charge in [0.25, 0.3) is 0 Å². The van der Waals surface area contributed by atoms with Crippen LogP contribution in [0, 0.1) is 18.3 Å². The van der Waals surface area contributed by atoms with Crippen molar-refractivity contribution >= 4 is 37.4 Å². The molecule has 6 nitrogen and oxygen atoms in total. The summed E-state index contributed by atoms with van der Waals surface area (Å²) in [6, 6.07) is 0. The molecule has 0 N–H and O–H groups in total. The summed E-state index contributed by atoms with van der Waals surface area (Å²) in [6.07, 6.45) is 4.70. The molecule has 2 aromatic rings. The Morgan fingerprint density at radius 1 is 1.11 bits per heavy atom. The first kappa shape index (κ1) is 20.0. The molecule has 0 radical (unpaired) electrons. The van der Waals surface area contributed by atoms with Crippen LogP contribution in [0.3, 0.4) is 0 Å².